The molecule has 2 aliphatic heterocycles. The van der Waals surface area contributed by atoms with E-state index in [0.29, 0.717) is 13.0 Å². The van der Waals surface area contributed by atoms with Gasteiger partial charge in [0.2, 0.25) is 5.91 Å². The van der Waals surface area contributed by atoms with Gasteiger partial charge in [-0.1, -0.05) is 0 Å². The molecule has 2 saturated heterocycles. The van der Waals surface area contributed by atoms with E-state index in [9.17, 15) is 15.0 Å². The minimum atomic E-state index is -0.411. The quantitative estimate of drug-likeness (QED) is 0.572. The number of hydrogen-bond acceptors (Lipinski definition) is 4. The lowest BCUT2D eigenvalue weighted by Gasteiger charge is -2.36. The number of amides is 1. The van der Waals surface area contributed by atoms with Crippen LogP contribution in [0.1, 0.15) is 25.7 Å². The molecule has 0 aliphatic carbocycles. The Bertz CT molecular complexity index is 260. The number of aliphatic hydroxyl groups excluding tert-OH is 2. The topological polar surface area (TPSA) is 72.8 Å². The standard InChI is InChI=1S/C11H20N2O3/c14-7-8-3-1-2-4-13(8)11(16)10-5-9(15)6-12-10/h8-10,12,14-15H,1-7H2. The van der Waals surface area contributed by atoms with Crippen molar-refractivity contribution in [1.82, 2.24) is 10.2 Å². The zero-order valence-electron chi connectivity index (χ0n) is 9.43. The van der Waals surface area contributed by atoms with Crippen molar-refractivity contribution >= 4 is 5.91 Å². The lowest BCUT2D eigenvalue weighted by Crippen LogP contribution is -2.51. The molecule has 5 heteroatoms. The fraction of sp³-hybridized carbons (Fsp3) is 0.909. The fourth-order valence-corrected chi connectivity index (χ4v) is 2.59. The highest BCUT2D eigenvalue weighted by atomic mass is 16.3. The van der Waals surface area contributed by atoms with Crippen LogP contribution in [-0.2, 0) is 4.79 Å². The van der Waals surface area contributed by atoms with Crippen LogP contribution >= 0.6 is 0 Å². The Morgan fingerprint density at radius 1 is 1.44 bits per heavy atom. The van der Waals surface area contributed by atoms with Gasteiger partial charge in [-0.3, -0.25) is 4.79 Å². The predicted molar refractivity (Wildman–Crippen MR) is 58.9 cm³/mol. The van der Waals surface area contributed by atoms with Gasteiger partial charge < -0.3 is 20.4 Å². The average molecular weight is 228 g/mol. The van der Waals surface area contributed by atoms with E-state index in [2.05, 4.69) is 5.32 Å². The normalized spacial score (nSPS) is 35.4. The third-order valence-electron chi connectivity index (χ3n) is 3.53. The summed E-state index contributed by atoms with van der Waals surface area (Å²) >= 11 is 0. The second kappa shape index (κ2) is 5.12. The van der Waals surface area contributed by atoms with Crippen molar-refractivity contribution in [1.29, 1.82) is 0 Å². The van der Waals surface area contributed by atoms with Crippen LogP contribution in [-0.4, -0.2) is 58.9 Å². The number of carbonyl (C=O) groups excluding carboxylic acids is 1. The van der Waals surface area contributed by atoms with E-state index in [-0.39, 0.29) is 24.6 Å². The lowest BCUT2D eigenvalue weighted by molar-refractivity contribution is -0.138. The summed E-state index contributed by atoms with van der Waals surface area (Å²) in [5.74, 6) is 0.0373. The van der Waals surface area contributed by atoms with Crippen LogP contribution < -0.4 is 5.32 Å². The number of likely N-dealkylation sites (tertiary alicyclic amines) is 1. The van der Waals surface area contributed by atoms with Crippen molar-refractivity contribution in [3.05, 3.63) is 0 Å². The van der Waals surface area contributed by atoms with E-state index in [1.54, 1.807) is 4.90 Å². The van der Waals surface area contributed by atoms with Gasteiger partial charge in [0.1, 0.15) is 0 Å². The van der Waals surface area contributed by atoms with Crippen LogP contribution in [0.15, 0.2) is 0 Å². The second-order valence-corrected chi connectivity index (χ2v) is 4.71. The maximum Gasteiger partial charge on any atom is 0.240 e. The van der Waals surface area contributed by atoms with E-state index in [1.807, 2.05) is 0 Å². The first-order valence-electron chi connectivity index (χ1n) is 6.05. The largest absolute Gasteiger partial charge is 0.394 e. The average Bonchev–Trinajstić information content (AvgIpc) is 2.75. The molecule has 0 aromatic heterocycles. The van der Waals surface area contributed by atoms with Crippen molar-refractivity contribution in [3.8, 4) is 0 Å². The van der Waals surface area contributed by atoms with Gasteiger partial charge in [0.15, 0.2) is 0 Å². The summed E-state index contributed by atoms with van der Waals surface area (Å²) in [4.78, 5) is 13.9. The number of piperidine rings is 1. The van der Waals surface area contributed by atoms with Gasteiger partial charge in [0, 0.05) is 13.1 Å². The SMILES string of the molecule is O=C(C1CC(O)CN1)N1CCCCC1CO. The summed E-state index contributed by atoms with van der Waals surface area (Å²) in [5.41, 5.74) is 0. The molecule has 0 bridgehead atoms. The molecular formula is C11H20N2O3. The molecule has 2 rings (SSSR count). The molecule has 0 spiro atoms. The van der Waals surface area contributed by atoms with E-state index < -0.39 is 6.10 Å². The fourth-order valence-electron chi connectivity index (χ4n) is 2.59. The molecule has 0 radical (unpaired) electrons. The summed E-state index contributed by atoms with van der Waals surface area (Å²) in [5, 5.41) is 21.7. The molecule has 92 valence electrons. The molecule has 5 nitrogen and oxygen atoms in total. The van der Waals surface area contributed by atoms with E-state index in [4.69, 9.17) is 0 Å². The number of rotatable bonds is 2. The van der Waals surface area contributed by atoms with Crippen molar-refractivity contribution in [2.75, 3.05) is 19.7 Å². The zero-order chi connectivity index (χ0) is 11.5. The number of nitrogens with zero attached hydrogens (tertiary/aromatic N) is 1. The molecule has 2 fully saturated rings. The molecular weight excluding hydrogens is 208 g/mol. The summed E-state index contributed by atoms with van der Waals surface area (Å²) in [6, 6.07) is -0.289. The third kappa shape index (κ3) is 2.36. The second-order valence-electron chi connectivity index (χ2n) is 4.71. The molecule has 2 heterocycles. The Hall–Kier alpha value is -0.650. The highest BCUT2D eigenvalue weighted by Gasteiger charge is 2.34. The molecule has 3 N–H and O–H groups in total. The Morgan fingerprint density at radius 2 is 2.25 bits per heavy atom. The van der Waals surface area contributed by atoms with Crippen LogP contribution in [0.3, 0.4) is 0 Å². The van der Waals surface area contributed by atoms with Crippen LogP contribution in [0.5, 0.6) is 0 Å². The summed E-state index contributed by atoms with van der Waals surface area (Å²) in [7, 11) is 0. The van der Waals surface area contributed by atoms with Gasteiger partial charge in [-0.15, -0.1) is 0 Å². The van der Waals surface area contributed by atoms with E-state index >= 15 is 0 Å². The van der Waals surface area contributed by atoms with Gasteiger partial charge in [-0.25, -0.2) is 0 Å². The molecule has 0 saturated carbocycles. The molecule has 0 aromatic carbocycles. The molecule has 3 atom stereocenters. The van der Waals surface area contributed by atoms with E-state index in [1.165, 1.54) is 0 Å². The van der Waals surface area contributed by atoms with Gasteiger partial charge in [0.25, 0.3) is 0 Å². The summed E-state index contributed by atoms with van der Waals surface area (Å²) in [6.45, 7) is 1.27. The Balaban J connectivity index is 1.96. The summed E-state index contributed by atoms with van der Waals surface area (Å²) < 4.78 is 0. The first-order valence-corrected chi connectivity index (χ1v) is 6.05. The number of aliphatic hydroxyl groups is 2. The first kappa shape index (κ1) is 11.8. The Morgan fingerprint density at radius 3 is 2.88 bits per heavy atom. The van der Waals surface area contributed by atoms with Gasteiger partial charge in [-0.2, -0.15) is 0 Å². The number of hydrogen-bond donors (Lipinski definition) is 3. The van der Waals surface area contributed by atoms with Crippen molar-refractivity contribution in [2.45, 2.75) is 43.9 Å². The van der Waals surface area contributed by atoms with Gasteiger partial charge in [0.05, 0.1) is 24.8 Å². The van der Waals surface area contributed by atoms with Crippen LogP contribution in [0.4, 0.5) is 0 Å². The predicted octanol–water partition coefficient (Wildman–Crippen LogP) is -0.917. The number of nitrogens with one attached hydrogen (secondary N) is 1. The minimum Gasteiger partial charge on any atom is -0.394 e. The number of β-amino-alcohol motifs (C(OH)–C–C–N with tert-alkyl or cyclic N) is 1. The van der Waals surface area contributed by atoms with Crippen molar-refractivity contribution in [3.63, 3.8) is 0 Å². The monoisotopic (exact) mass is 228 g/mol. The lowest BCUT2D eigenvalue weighted by atomic mass is 10.0. The minimum absolute atomic E-state index is 0.0270. The molecule has 0 aromatic rings. The molecule has 3 unspecified atom stereocenters. The van der Waals surface area contributed by atoms with Crippen molar-refractivity contribution < 1.29 is 15.0 Å². The van der Waals surface area contributed by atoms with Crippen LogP contribution in [0.2, 0.25) is 0 Å². The molecule has 1 amide bonds. The van der Waals surface area contributed by atoms with Crippen LogP contribution in [0, 0.1) is 0 Å². The van der Waals surface area contributed by atoms with Crippen LogP contribution in [0.25, 0.3) is 0 Å². The number of carbonyl (C=O) groups is 1. The Kier molecular flexibility index (Phi) is 3.78. The first-order chi connectivity index (χ1) is 7.72. The molecule has 2 aliphatic rings. The zero-order valence-corrected chi connectivity index (χ0v) is 9.43. The maximum absolute atomic E-state index is 12.2. The van der Waals surface area contributed by atoms with Crippen molar-refractivity contribution in [2.24, 2.45) is 0 Å². The molecule has 16 heavy (non-hydrogen) atoms. The highest BCUT2D eigenvalue weighted by Crippen LogP contribution is 2.19. The van der Waals surface area contributed by atoms with Gasteiger partial charge >= 0.3 is 0 Å². The third-order valence-corrected chi connectivity index (χ3v) is 3.53. The highest BCUT2D eigenvalue weighted by molar-refractivity contribution is 5.82. The van der Waals surface area contributed by atoms with Gasteiger partial charge in [-0.05, 0) is 25.7 Å². The maximum atomic E-state index is 12.2. The van der Waals surface area contributed by atoms with E-state index in [0.717, 1.165) is 25.8 Å². The summed E-state index contributed by atoms with van der Waals surface area (Å²) in [6.07, 6.45) is 3.06. The smallest absolute Gasteiger partial charge is 0.240 e. The Labute approximate surface area is 95.4 Å².